The average Bonchev–Trinajstić information content (AvgIpc) is 2.75. The molecule has 0 fully saturated rings. The number of aryl methyl sites for hydroxylation is 1. The Morgan fingerprint density at radius 1 is 1.13 bits per heavy atom. The van der Waals surface area contributed by atoms with Crippen LogP contribution in [0.1, 0.15) is 34.0 Å². The van der Waals surface area contributed by atoms with Crippen molar-refractivity contribution in [2.75, 3.05) is 6.61 Å². The van der Waals surface area contributed by atoms with Gasteiger partial charge in [0.25, 0.3) is 5.91 Å². The Hall–Kier alpha value is -2.83. The summed E-state index contributed by atoms with van der Waals surface area (Å²) in [5.41, 5.74) is 5.77. The van der Waals surface area contributed by atoms with Crippen LogP contribution in [-0.4, -0.2) is 18.7 Å². The second-order valence-electron chi connectivity index (χ2n) is 6.69. The molecule has 0 unspecified atom stereocenters. The number of carbonyl (C=O) groups excluding carboxylic acids is 1. The van der Waals surface area contributed by atoms with Gasteiger partial charge in [-0.25, -0.2) is 5.43 Å². The summed E-state index contributed by atoms with van der Waals surface area (Å²) in [6.45, 7) is 4.64. The third kappa shape index (κ3) is 6.32. The van der Waals surface area contributed by atoms with E-state index in [1.165, 1.54) is 0 Å². The van der Waals surface area contributed by atoms with E-state index in [2.05, 4.69) is 26.5 Å². The number of rotatable bonds is 8. The van der Waals surface area contributed by atoms with Crippen molar-refractivity contribution in [2.24, 2.45) is 5.10 Å². The fraction of sp³-hybridized carbons (Fsp3) is 0.167. The standard InChI is InChI=1S/C24H22BrClN2O3/c1-3-30-22-13-18(14-27-28-24(29)20-7-5-4-6-16(20)2)12-21(25)23(22)31-15-17-8-10-19(26)11-9-17/h4-14H,3,15H2,1-2H3,(H,28,29)/b27-14-. The Morgan fingerprint density at radius 2 is 1.87 bits per heavy atom. The van der Waals surface area contributed by atoms with Crippen LogP contribution in [0.4, 0.5) is 0 Å². The van der Waals surface area contributed by atoms with Crippen molar-refractivity contribution in [1.82, 2.24) is 5.43 Å². The van der Waals surface area contributed by atoms with Crippen LogP contribution in [-0.2, 0) is 6.61 Å². The molecule has 0 aliphatic rings. The molecule has 0 saturated heterocycles. The van der Waals surface area contributed by atoms with Gasteiger partial charge < -0.3 is 9.47 Å². The summed E-state index contributed by atoms with van der Waals surface area (Å²) >= 11 is 9.48. The lowest BCUT2D eigenvalue weighted by Crippen LogP contribution is -2.18. The molecule has 0 bridgehead atoms. The van der Waals surface area contributed by atoms with Gasteiger partial charge in [-0.3, -0.25) is 4.79 Å². The number of nitrogens with one attached hydrogen (secondary N) is 1. The molecule has 0 radical (unpaired) electrons. The first-order valence-electron chi connectivity index (χ1n) is 9.70. The molecule has 7 heteroatoms. The van der Waals surface area contributed by atoms with Gasteiger partial charge in [0.15, 0.2) is 11.5 Å². The van der Waals surface area contributed by atoms with Crippen molar-refractivity contribution >= 4 is 39.7 Å². The number of benzene rings is 3. The van der Waals surface area contributed by atoms with Crippen LogP contribution >= 0.6 is 27.5 Å². The topological polar surface area (TPSA) is 59.9 Å². The first-order valence-corrected chi connectivity index (χ1v) is 10.9. The lowest BCUT2D eigenvalue weighted by Gasteiger charge is -2.14. The molecule has 3 aromatic rings. The fourth-order valence-corrected chi connectivity index (χ4v) is 3.56. The predicted octanol–water partition coefficient (Wildman–Crippen LogP) is 6.15. The Balaban J connectivity index is 1.73. The molecule has 0 heterocycles. The largest absolute Gasteiger partial charge is 0.490 e. The van der Waals surface area contributed by atoms with E-state index in [0.29, 0.717) is 35.3 Å². The van der Waals surface area contributed by atoms with E-state index in [-0.39, 0.29) is 5.91 Å². The summed E-state index contributed by atoms with van der Waals surface area (Å²) in [5.74, 6) is 0.914. The summed E-state index contributed by atoms with van der Waals surface area (Å²) < 4.78 is 12.5. The number of amides is 1. The highest BCUT2D eigenvalue weighted by molar-refractivity contribution is 9.10. The van der Waals surface area contributed by atoms with Crippen molar-refractivity contribution in [2.45, 2.75) is 20.5 Å². The molecule has 3 aromatic carbocycles. The van der Waals surface area contributed by atoms with Crippen LogP contribution in [0.15, 0.2) is 70.2 Å². The first kappa shape index (κ1) is 22.8. The smallest absolute Gasteiger partial charge is 0.271 e. The number of hydrogen-bond donors (Lipinski definition) is 1. The van der Waals surface area contributed by atoms with E-state index in [0.717, 1.165) is 21.2 Å². The number of hydrazone groups is 1. The molecule has 31 heavy (non-hydrogen) atoms. The molecule has 0 atom stereocenters. The molecule has 1 amide bonds. The molecule has 160 valence electrons. The highest BCUT2D eigenvalue weighted by Crippen LogP contribution is 2.37. The van der Waals surface area contributed by atoms with E-state index in [4.69, 9.17) is 21.1 Å². The fourth-order valence-electron chi connectivity index (χ4n) is 2.85. The zero-order valence-electron chi connectivity index (χ0n) is 17.2. The van der Waals surface area contributed by atoms with Crippen molar-refractivity contribution in [3.05, 3.63) is 92.4 Å². The highest BCUT2D eigenvalue weighted by atomic mass is 79.9. The Bertz CT molecular complexity index is 1080. The molecule has 3 rings (SSSR count). The molecule has 5 nitrogen and oxygen atoms in total. The maximum absolute atomic E-state index is 12.3. The lowest BCUT2D eigenvalue weighted by atomic mass is 10.1. The third-order valence-electron chi connectivity index (χ3n) is 4.40. The molecule has 0 saturated carbocycles. The Labute approximate surface area is 195 Å². The Kier molecular flexibility index (Phi) is 8.09. The van der Waals surface area contributed by atoms with Crippen molar-refractivity contribution < 1.29 is 14.3 Å². The Morgan fingerprint density at radius 3 is 2.58 bits per heavy atom. The van der Waals surface area contributed by atoms with E-state index in [1.54, 1.807) is 12.3 Å². The maximum Gasteiger partial charge on any atom is 0.271 e. The van der Waals surface area contributed by atoms with E-state index < -0.39 is 0 Å². The van der Waals surface area contributed by atoms with Gasteiger partial charge >= 0.3 is 0 Å². The van der Waals surface area contributed by atoms with E-state index in [1.807, 2.05) is 68.4 Å². The van der Waals surface area contributed by atoms with Crippen LogP contribution < -0.4 is 14.9 Å². The number of halogens is 2. The van der Waals surface area contributed by atoms with Crippen LogP contribution in [0.25, 0.3) is 0 Å². The SMILES string of the molecule is CCOc1cc(/C=N\NC(=O)c2ccccc2C)cc(Br)c1OCc1ccc(Cl)cc1. The van der Waals surface area contributed by atoms with Crippen LogP contribution in [0.2, 0.25) is 5.02 Å². The average molecular weight is 502 g/mol. The maximum atomic E-state index is 12.3. The van der Waals surface area contributed by atoms with Gasteiger partial charge in [0, 0.05) is 10.6 Å². The zero-order valence-corrected chi connectivity index (χ0v) is 19.5. The minimum Gasteiger partial charge on any atom is -0.490 e. The molecule has 0 aliphatic carbocycles. The van der Waals surface area contributed by atoms with Gasteiger partial charge in [0.1, 0.15) is 6.61 Å². The summed E-state index contributed by atoms with van der Waals surface area (Å²) in [5, 5.41) is 4.76. The normalized spacial score (nSPS) is 10.8. The van der Waals surface area contributed by atoms with Crippen molar-refractivity contribution in [3.63, 3.8) is 0 Å². The third-order valence-corrected chi connectivity index (χ3v) is 5.24. The van der Waals surface area contributed by atoms with E-state index >= 15 is 0 Å². The highest BCUT2D eigenvalue weighted by Gasteiger charge is 2.13. The minimum absolute atomic E-state index is 0.263. The summed E-state index contributed by atoms with van der Waals surface area (Å²) in [7, 11) is 0. The quantitative estimate of drug-likeness (QED) is 0.297. The molecule has 0 aliphatic heterocycles. The van der Waals surface area contributed by atoms with Gasteiger partial charge in [0.05, 0.1) is 17.3 Å². The van der Waals surface area contributed by atoms with Gasteiger partial charge in [-0.15, -0.1) is 0 Å². The summed E-state index contributed by atoms with van der Waals surface area (Å²) in [4.78, 5) is 12.3. The second kappa shape index (κ2) is 11.0. The minimum atomic E-state index is -0.263. The number of hydrogen-bond acceptors (Lipinski definition) is 4. The van der Waals surface area contributed by atoms with E-state index in [9.17, 15) is 4.79 Å². The summed E-state index contributed by atoms with van der Waals surface area (Å²) in [6, 6.07) is 18.5. The lowest BCUT2D eigenvalue weighted by molar-refractivity contribution is 0.0954. The van der Waals surface area contributed by atoms with Gasteiger partial charge in [-0.05, 0) is 76.8 Å². The molecule has 0 spiro atoms. The molecule has 1 N–H and O–H groups in total. The summed E-state index contributed by atoms with van der Waals surface area (Å²) in [6.07, 6.45) is 1.56. The zero-order chi connectivity index (χ0) is 22.2. The molecular formula is C24H22BrClN2O3. The predicted molar refractivity (Wildman–Crippen MR) is 127 cm³/mol. The van der Waals surface area contributed by atoms with Gasteiger partial charge in [-0.1, -0.05) is 41.9 Å². The van der Waals surface area contributed by atoms with Crippen LogP contribution in [0, 0.1) is 6.92 Å². The number of nitrogens with zero attached hydrogens (tertiary/aromatic N) is 1. The van der Waals surface area contributed by atoms with Gasteiger partial charge in [0.2, 0.25) is 0 Å². The molecular weight excluding hydrogens is 480 g/mol. The molecule has 0 aromatic heterocycles. The van der Waals surface area contributed by atoms with Gasteiger partial charge in [-0.2, -0.15) is 5.10 Å². The van der Waals surface area contributed by atoms with Crippen molar-refractivity contribution in [1.29, 1.82) is 0 Å². The van der Waals surface area contributed by atoms with Crippen molar-refractivity contribution in [3.8, 4) is 11.5 Å². The second-order valence-corrected chi connectivity index (χ2v) is 7.98. The van der Waals surface area contributed by atoms with Crippen LogP contribution in [0.5, 0.6) is 11.5 Å². The number of ether oxygens (including phenoxy) is 2. The number of carbonyl (C=O) groups is 1. The van der Waals surface area contributed by atoms with Crippen LogP contribution in [0.3, 0.4) is 0 Å². The first-order chi connectivity index (χ1) is 15.0. The monoisotopic (exact) mass is 500 g/mol.